The van der Waals surface area contributed by atoms with Crippen molar-refractivity contribution in [1.29, 1.82) is 0 Å². The number of fused-ring (bicyclic) bond motifs is 2. The SMILES string of the molecule is CO[C@H]1CC[C@H](Nc2nc(N3CCCC3)nc3cc(-c4nc5cc(F)ccc5nc4C)nn23)CC1. The van der Waals surface area contributed by atoms with Crippen molar-refractivity contribution in [2.45, 2.75) is 57.6 Å². The third-order valence-electron chi connectivity index (χ3n) is 7.08. The zero-order valence-corrected chi connectivity index (χ0v) is 20.0. The molecule has 0 amide bonds. The van der Waals surface area contributed by atoms with Gasteiger partial charge < -0.3 is 15.0 Å². The summed E-state index contributed by atoms with van der Waals surface area (Å²) in [6.45, 7) is 3.80. The lowest BCUT2D eigenvalue weighted by Gasteiger charge is -2.28. The summed E-state index contributed by atoms with van der Waals surface area (Å²) in [6.07, 6.45) is 6.68. The maximum Gasteiger partial charge on any atom is 0.230 e. The van der Waals surface area contributed by atoms with Gasteiger partial charge in [0.2, 0.25) is 11.9 Å². The van der Waals surface area contributed by atoms with Gasteiger partial charge in [0.15, 0.2) is 5.65 Å². The number of ether oxygens (including phenoxy) is 1. The highest BCUT2D eigenvalue weighted by atomic mass is 19.1. The molecule has 0 spiro atoms. The number of halogens is 1. The van der Waals surface area contributed by atoms with Gasteiger partial charge >= 0.3 is 0 Å². The molecule has 10 heteroatoms. The smallest absolute Gasteiger partial charge is 0.230 e. The van der Waals surface area contributed by atoms with Crippen molar-refractivity contribution < 1.29 is 9.13 Å². The van der Waals surface area contributed by atoms with Gasteiger partial charge in [0.1, 0.15) is 17.2 Å². The Kier molecular flexibility index (Phi) is 5.68. The third kappa shape index (κ3) is 4.27. The molecule has 0 unspecified atom stereocenters. The van der Waals surface area contributed by atoms with E-state index in [1.165, 1.54) is 12.1 Å². The van der Waals surface area contributed by atoms with E-state index in [0.29, 0.717) is 46.2 Å². The fourth-order valence-electron chi connectivity index (χ4n) is 5.13. The molecule has 3 aromatic heterocycles. The second-order valence-corrected chi connectivity index (χ2v) is 9.49. The molecular weight excluding hydrogens is 447 g/mol. The van der Waals surface area contributed by atoms with E-state index in [9.17, 15) is 4.39 Å². The highest BCUT2D eigenvalue weighted by molar-refractivity contribution is 5.78. The lowest BCUT2D eigenvalue weighted by atomic mass is 9.93. The van der Waals surface area contributed by atoms with Crippen LogP contribution in [0.15, 0.2) is 24.3 Å². The number of hydrogen-bond acceptors (Lipinski definition) is 8. The van der Waals surface area contributed by atoms with Crippen molar-refractivity contribution in [3.8, 4) is 11.4 Å². The Bertz CT molecular complexity index is 1380. The maximum atomic E-state index is 13.8. The Balaban J connectivity index is 1.41. The van der Waals surface area contributed by atoms with Gasteiger partial charge in [-0.3, -0.25) is 0 Å². The van der Waals surface area contributed by atoms with E-state index in [1.54, 1.807) is 17.7 Å². The van der Waals surface area contributed by atoms with Crippen LogP contribution in [0.5, 0.6) is 0 Å². The Morgan fingerprint density at radius 2 is 1.77 bits per heavy atom. The standard InChI is InChI=1S/C25H29FN8O/c1-15-23(29-20-13-16(26)5-10-19(20)27-15)21-14-22-30-24(33-11-3-4-12-33)31-25(34(22)32-21)28-17-6-8-18(35-2)9-7-17/h5,10,13-14,17-18H,3-4,6-9,11-12H2,1-2H3,(H,28,30,31)/t17-,18-. The second-order valence-electron chi connectivity index (χ2n) is 9.49. The van der Waals surface area contributed by atoms with Crippen molar-refractivity contribution in [1.82, 2.24) is 29.5 Å². The fourth-order valence-corrected chi connectivity index (χ4v) is 5.13. The number of aryl methyl sites for hydroxylation is 1. The molecule has 0 radical (unpaired) electrons. The van der Waals surface area contributed by atoms with Gasteiger partial charge in [-0.15, -0.1) is 0 Å². The van der Waals surface area contributed by atoms with E-state index in [0.717, 1.165) is 63.3 Å². The molecule has 4 aromatic rings. The molecule has 2 aliphatic rings. The quantitative estimate of drug-likeness (QED) is 0.459. The first-order chi connectivity index (χ1) is 17.1. The van der Waals surface area contributed by atoms with Crippen LogP contribution in [0, 0.1) is 12.7 Å². The molecular formula is C25H29FN8O. The molecule has 35 heavy (non-hydrogen) atoms. The molecule has 1 saturated heterocycles. The summed E-state index contributed by atoms with van der Waals surface area (Å²) in [5, 5.41) is 8.46. The Morgan fingerprint density at radius 3 is 2.54 bits per heavy atom. The van der Waals surface area contributed by atoms with E-state index < -0.39 is 0 Å². The average molecular weight is 477 g/mol. The first kappa shape index (κ1) is 22.1. The van der Waals surface area contributed by atoms with Crippen LogP contribution >= 0.6 is 0 Å². The number of rotatable bonds is 5. The molecule has 0 atom stereocenters. The monoisotopic (exact) mass is 476 g/mol. The minimum Gasteiger partial charge on any atom is -0.381 e. The molecule has 1 N–H and O–H groups in total. The van der Waals surface area contributed by atoms with Crippen LogP contribution < -0.4 is 10.2 Å². The lowest BCUT2D eigenvalue weighted by Crippen LogP contribution is -2.31. The summed E-state index contributed by atoms with van der Waals surface area (Å²) < 4.78 is 21.1. The van der Waals surface area contributed by atoms with Crippen LogP contribution in [-0.2, 0) is 4.74 Å². The van der Waals surface area contributed by atoms with Gasteiger partial charge in [-0.05, 0) is 57.6 Å². The minimum absolute atomic E-state index is 0.295. The molecule has 6 rings (SSSR count). The van der Waals surface area contributed by atoms with E-state index in [2.05, 4.69) is 15.2 Å². The highest BCUT2D eigenvalue weighted by Gasteiger charge is 2.24. The topological polar surface area (TPSA) is 93.4 Å². The molecule has 1 saturated carbocycles. The van der Waals surface area contributed by atoms with E-state index >= 15 is 0 Å². The number of anilines is 2. The summed E-state index contributed by atoms with van der Waals surface area (Å²) in [5.74, 6) is 1.06. The van der Waals surface area contributed by atoms with Crippen LogP contribution in [-0.4, -0.2) is 61.9 Å². The van der Waals surface area contributed by atoms with Crippen LogP contribution in [0.4, 0.5) is 16.3 Å². The molecule has 182 valence electrons. The number of nitrogens with zero attached hydrogens (tertiary/aromatic N) is 7. The summed E-state index contributed by atoms with van der Waals surface area (Å²) in [6, 6.07) is 6.65. The molecule has 1 aliphatic heterocycles. The molecule has 4 heterocycles. The predicted octanol–water partition coefficient (Wildman–Crippen LogP) is 4.15. The molecule has 1 aromatic carbocycles. The summed E-state index contributed by atoms with van der Waals surface area (Å²) in [5.41, 5.74) is 3.84. The third-order valence-corrected chi connectivity index (χ3v) is 7.08. The largest absolute Gasteiger partial charge is 0.381 e. The number of methoxy groups -OCH3 is 1. The Morgan fingerprint density at radius 1 is 0.971 bits per heavy atom. The molecule has 1 aliphatic carbocycles. The van der Waals surface area contributed by atoms with Gasteiger partial charge in [0.05, 0.1) is 22.8 Å². The van der Waals surface area contributed by atoms with Crippen molar-refractivity contribution in [2.24, 2.45) is 0 Å². The summed E-state index contributed by atoms with van der Waals surface area (Å²) in [7, 11) is 1.78. The second kappa shape index (κ2) is 8.99. The van der Waals surface area contributed by atoms with Crippen LogP contribution in [0.3, 0.4) is 0 Å². The first-order valence-corrected chi connectivity index (χ1v) is 12.3. The van der Waals surface area contributed by atoms with Crippen molar-refractivity contribution in [3.63, 3.8) is 0 Å². The minimum atomic E-state index is -0.340. The van der Waals surface area contributed by atoms with Crippen molar-refractivity contribution in [3.05, 3.63) is 35.8 Å². The normalized spacial score (nSPS) is 20.7. The number of aromatic nitrogens is 6. The van der Waals surface area contributed by atoms with Gasteiger partial charge in [-0.25, -0.2) is 14.4 Å². The number of benzene rings is 1. The first-order valence-electron chi connectivity index (χ1n) is 12.3. The lowest BCUT2D eigenvalue weighted by molar-refractivity contribution is 0.0681. The zero-order valence-electron chi connectivity index (χ0n) is 20.0. The van der Waals surface area contributed by atoms with Gasteiger partial charge in [-0.1, -0.05) is 0 Å². The summed E-state index contributed by atoms with van der Waals surface area (Å²) >= 11 is 0. The molecule has 2 fully saturated rings. The van der Waals surface area contributed by atoms with E-state index in [-0.39, 0.29) is 5.82 Å². The molecule has 0 bridgehead atoms. The van der Waals surface area contributed by atoms with Crippen molar-refractivity contribution >= 4 is 28.6 Å². The van der Waals surface area contributed by atoms with E-state index in [1.807, 2.05) is 13.0 Å². The van der Waals surface area contributed by atoms with Gasteiger partial charge in [0, 0.05) is 38.4 Å². The van der Waals surface area contributed by atoms with Crippen LogP contribution in [0.2, 0.25) is 0 Å². The van der Waals surface area contributed by atoms with Gasteiger partial charge in [-0.2, -0.15) is 19.6 Å². The average Bonchev–Trinajstić information content (AvgIpc) is 3.55. The maximum absolute atomic E-state index is 13.8. The Hall–Kier alpha value is -3.40. The number of nitrogens with one attached hydrogen (secondary N) is 1. The highest BCUT2D eigenvalue weighted by Crippen LogP contribution is 2.28. The Labute approximate surface area is 202 Å². The van der Waals surface area contributed by atoms with Crippen LogP contribution in [0.25, 0.3) is 28.1 Å². The fraction of sp³-hybridized carbons (Fsp3) is 0.480. The summed E-state index contributed by atoms with van der Waals surface area (Å²) in [4.78, 5) is 21.3. The molecule has 9 nitrogen and oxygen atoms in total. The van der Waals surface area contributed by atoms with Gasteiger partial charge in [0.25, 0.3) is 0 Å². The van der Waals surface area contributed by atoms with Crippen LogP contribution in [0.1, 0.15) is 44.2 Å². The predicted molar refractivity (Wildman–Crippen MR) is 132 cm³/mol. The van der Waals surface area contributed by atoms with Crippen molar-refractivity contribution in [2.75, 3.05) is 30.4 Å². The number of hydrogen-bond donors (Lipinski definition) is 1. The van der Waals surface area contributed by atoms with E-state index in [4.69, 9.17) is 24.8 Å². The zero-order chi connectivity index (χ0) is 23.9.